The SMILES string of the molecule is CC(=O)O.Cl.Cl.Cl.O. The second-order valence-corrected chi connectivity index (χ2v) is 0.519. The van der Waals surface area contributed by atoms with Crippen molar-refractivity contribution < 1.29 is 15.4 Å². The molecule has 0 aromatic rings. The fourth-order valence-corrected chi connectivity index (χ4v) is 0. The summed E-state index contributed by atoms with van der Waals surface area (Å²) in [7, 11) is 0. The van der Waals surface area contributed by atoms with Crippen molar-refractivity contribution >= 4 is 43.2 Å². The van der Waals surface area contributed by atoms with Crippen LogP contribution >= 0.6 is 37.2 Å². The number of rotatable bonds is 0. The first kappa shape index (κ1) is 40.6. The summed E-state index contributed by atoms with van der Waals surface area (Å²) in [4.78, 5) is 9.00. The van der Waals surface area contributed by atoms with Crippen LogP contribution in [0.5, 0.6) is 0 Å². The quantitative estimate of drug-likeness (QED) is 0.601. The van der Waals surface area contributed by atoms with Crippen LogP contribution in [0.2, 0.25) is 0 Å². The second-order valence-electron chi connectivity index (χ2n) is 0.519. The van der Waals surface area contributed by atoms with E-state index >= 15 is 0 Å². The highest BCUT2D eigenvalue weighted by Crippen LogP contribution is 1.42. The lowest BCUT2D eigenvalue weighted by molar-refractivity contribution is -0.134. The summed E-state index contributed by atoms with van der Waals surface area (Å²) in [5.41, 5.74) is 0. The Labute approximate surface area is 66.0 Å². The third-order valence-corrected chi connectivity index (χ3v) is 0. The van der Waals surface area contributed by atoms with E-state index in [9.17, 15) is 0 Å². The minimum Gasteiger partial charge on any atom is -0.481 e. The minimum atomic E-state index is -0.833. The van der Waals surface area contributed by atoms with Gasteiger partial charge in [0.1, 0.15) is 0 Å². The molecule has 0 spiro atoms. The molecule has 8 heavy (non-hydrogen) atoms. The van der Waals surface area contributed by atoms with Crippen molar-refractivity contribution in [2.24, 2.45) is 0 Å². The second kappa shape index (κ2) is 26.6. The molecule has 0 saturated heterocycles. The molecule has 0 unspecified atom stereocenters. The molecule has 0 aliphatic rings. The highest BCUT2D eigenvalue weighted by molar-refractivity contribution is 5.86. The van der Waals surface area contributed by atoms with Crippen molar-refractivity contribution in [2.45, 2.75) is 6.92 Å². The largest absolute Gasteiger partial charge is 0.481 e. The highest BCUT2D eigenvalue weighted by atomic mass is 35.5. The van der Waals surface area contributed by atoms with Gasteiger partial charge >= 0.3 is 0 Å². The molecule has 0 heterocycles. The summed E-state index contributed by atoms with van der Waals surface area (Å²) >= 11 is 0. The van der Waals surface area contributed by atoms with Crippen LogP contribution in [-0.4, -0.2) is 16.6 Å². The number of carboxylic acid groups (broad SMARTS) is 1. The molecule has 3 N–H and O–H groups in total. The maximum absolute atomic E-state index is 9.00. The van der Waals surface area contributed by atoms with Gasteiger partial charge in [-0.1, -0.05) is 0 Å². The van der Waals surface area contributed by atoms with Gasteiger partial charge in [0, 0.05) is 6.92 Å². The third kappa shape index (κ3) is 1970. The van der Waals surface area contributed by atoms with Crippen LogP contribution in [0, 0.1) is 0 Å². The van der Waals surface area contributed by atoms with Crippen LogP contribution < -0.4 is 0 Å². The monoisotopic (exact) mass is 186 g/mol. The minimum absolute atomic E-state index is 0. The molecule has 56 valence electrons. The fourth-order valence-electron chi connectivity index (χ4n) is 0. The normalized spacial score (nSPS) is 3.12. The van der Waals surface area contributed by atoms with Gasteiger partial charge in [-0.25, -0.2) is 0 Å². The fraction of sp³-hybridized carbons (Fsp3) is 0.500. The van der Waals surface area contributed by atoms with E-state index < -0.39 is 5.97 Å². The molecule has 0 rings (SSSR count). The Hall–Kier alpha value is 0.300. The molecule has 0 aromatic heterocycles. The Bertz CT molecular complexity index is 35.5. The molecule has 0 aliphatic carbocycles. The first-order valence-electron chi connectivity index (χ1n) is 0.928. The molecule has 0 radical (unpaired) electrons. The zero-order valence-corrected chi connectivity index (χ0v) is 6.53. The third-order valence-electron chi connectivity index (χ3n) is 0. The molecule has 3 nitrogen and oxygen atoms in total. The lowest BCUT2D eigenvalue weighted by atomic mass is 10.9. The van der Waals surface area contributed by atoms with E-state index in [1.54, 1.807) is 0 Å². The molecule has 0 amide bonds. The van der Waals surface area contributed by atoms with Gasteiger partial charge in [0.05, 0.1) is 0 Å². The van der Waals surface area contributed by atoms with Gasteiger partial charge in [0.25, 0.3) is 5.97 Å². The summed E-state index contributed by atoms with van der Waals surface area (Å²) in [6.07, 6.45) is 0. The van der Waals surface area contributed by atoms with Crippen LogP contribution in [0.15, 0.2) is 0 Å². The smallest absolute Gasteiger partial charge is 0.300 e. The maximum Gasteiger partial charge on any atom is 0.300 e. The number of halogens is 3. The average Bonchev–Trinajstić information content (AvgIpc) is 0.811. The lowest BCUT2D eigenvalue weighted by Gasteiger charge is -1.59. The van der Waals surface area contributed by atoms with Crippen LogP contribution in [0.4, 0.5) is 0 Å². The summed E-state index contributed by atoms with van der Waals surface area (Å²) < 4.78 is 0. The molecule has 0 atom stereocenters. The number of carboxylic acids is 1. The number of aliphatic carboxylic acids is 1. The molecular weight excluding hydrogens is 178 g/mol. The Balaban J connectivity index is -0.00000000750. The molecule has 6 heteroatoms. The van der Waals surface area contributed by atoms with Crippen molar-refractivity contribution in [1.29, 1.82) is 0 Å². The molecule has 0 aromatic carbocycles. The van der Waals surface area contributed by atoms with Crippen LogP contribution in [0.3, 0.4) is 0 Å². The van der Waals surface area contributed by atoms with Crippen molar-refractivity contribution in [3.8, 4) is 0 Å². The number of carbonyl (C=O) groups is 1. The van der Waals surface area contributed by atoms with E-state index in [0.29, 0.717) is 0 Å². The lowest BCUT2D eigenvalue weighted by Crippen LogP contribution is -1.78. The first-order valence-corrected chi connectivity index (χ1v) is 0.928. The maximum atomic E-state index is 9.00. The Morgan fingerprint density at radius 3 is 1.25 bits per heavy atom. The Kier molecular flexibility index (Phi) is 135. The first-order chi connectivity index (χ1) is 1.73. The molecule has 0 saturated carbocycles. The standard InChI is InChI=1S/C2H4O2.3ClH.H2O/c1-2(3)4;;;;/h1H3,(H,3,4);3*1H;1H2. The van der Waals surface area contributed by atoms with Gasteiger partial charge in [-0.15, -0.1) is 37.2 Å². The van der Waals surface area contributed by atoms with Crippen LogP contribution in [0.1, 0.15) is 6.92 Å². The van der Waals surface area contributed by atoms with E-state index in [1.165, 1.54) is 0 Å². The zero-order chi connectivity index (χ0) is 3.58. The predicted octanol–water partition coefficient (Wildman–Crippen LogP) is 0.532. The molecule has 0 bridgehead atoms. The summed E-state index contributed by atoms with van der Waals surface area (Å²) in [5, 5.41) is 7.42. The zero-order valence-electron chi connectivity index (χ0n) is 4.08. The number of hydrogen-bond donors (Lipinski definition) is 1. The Morgan fingerprint density at radius 2 is 1.25 bits per heavy atom. The van der Waals surface area contributed by atoms with E-state index in [2.05, 4.69) is 0 Å². The van der Waals surface area contributed by atoms with Gasteiger partial charge in [0.15, 0.2) is 0 Å². The highest BCUT2D eigenvalue weighted by Gasteiger charge is 1.65. The Morgan fingerprint density at radius 1 is 1.25 bits per heavy atom. The number of hydrogen-bond acceptors (Lipinski definition) is 1. The van der Waals surface area contributed by atoms with Crippen molar-refractivity contribution in [1.82, 2.24) is 0 Å². The van der Waals surface area contributed by atoms with Gasteiger partial charge in [0.2, 0.25) is 0 Å². The predicted molar refractivity (Wildman–Crippen MR) is 38.7 cm³/mol. The van der Waals surface area contributed by atoms with Gasteiger partial charge in [-0.3, -0.25) is 4.79 Å². The van der Waals surface area contributed by atoms with E-state index in [1.807, 2.05) is 0 Å². The van der Waals surface area contributed by atoms with Crippen molar-refractivity contribution in [3.05, 3.63) is 0 Å². The van der Waals surface area contributed by atoms with Crippen LogP contribution in [0.25, 0.3) is 0 Å². The average molecular weight is 187 g/mol. The molecular formula is C2H9Cl3O3. The van der Waals surface area contributed by atoms with Crippen LogP contribution in [-0.2, 0) is 4.79 Å². The summed E-state index contributed by atoms with van der Waals surface area (Å²) in [5.74, 6) is -0.833. The molecule has 0 fully saturated rings. The van der Waals surface area contributed by atoms with Gasteiger partial charge < -0.3 is 10.6 Å². The summed E-state index contributed by atoms with van der Waals surface area (Å²) in [6, 6.07) is 0. The van der Waals surface area contributed by atoms with Gasteiger partial charge in [-0.2, -0.15) is 0 Å². The van der Waals surface area contributed by atoms with E-state index in [-0.39, 0.29) is 42.7 Å². The van der Waals surface area contributed by atoms with Gasteiger partial charge in [-0.05, 0) is 0 Å². The van der Waals surface area contributed by atoms with E-state index in [0.717, 1.165) is 6.92 Å². The topological polar surface area (TPSA) is 68.8 Å². The summed E-state index contributed by atoms with van der Waals surface area (Å²) in [6.45, 7) is 1.08. The van der Waals surface area contributed by atoms with Crippen molar-refractivity contribution in [3.63, 3.8) is 0 Å². The van der Waals surface area contributed by atoms with E-state index in [4.69, 9.17) is 9.90 Å². The molecule has 0 aliphatic heterocycles. The van der Waals surface area contributed by atoms with Crippen molar-refractivity contribution in [2.75, 3.05) is 0 Å².